The summed E-state index contributed by atoms with van der Waals surface area (Å²) in [6.45, 7) is 1.67. The summed E-state index contributed by atoms with van der Waals surface area (Å²) in [5, 5.41) is 1.78. The number of benzene rings is 1. The molecule has 1 amide bonds. The van der Waals surface area contributed by atoms with Gasteiger partial charge in [0.1, 0.15) is 4.21 Å². The molecule has 2 aliphatic rings. The van der Waals surface area contributed by atoms with E-state index in [0.717, 1.165) is 5.69 Å². The molecule has 2 aliphatic heterocycles. The van der Waals surface area contributed by atoms with Crippen LogP contribution in [0.5, 0.6) is 0 Å². The zero-order valence-corrected chi connectivity index (χ0v) is 16.2. The number of nitrogens with zero attached hydrogens (tertiary/aromatic N) is 3. The molecule has 8 heteroatoms. The molecule has 4 rings (SSSR count). The van der Waals surface area contributed by atoms with Crippen LogP contribution in [0.15, 0.2) is 52.1 Å². The number of sulfonamides is 1. The maximum Gasteiger partial charge on any atom is 0.252 e. The predicted octanol–water partition coefficient (Wildman–Crippen LogP) is 1.86. The lowest BCUT2D eigenvalue weighted by Crippen LogP contribution is -2.64. The molecule has 26 heavy (non-hydrogen) atoms. The van der Waals surface area contributed by atoms with E-state index in [1.807, 2.05) is 42.3 Å². The highest BCUT2D eigenvalue weighted by atomic mass is 32.2. The number of anilines is 1. The number of carbonyl (C=O) groups is 1. The van der Waals surface area contributed by atoms with Crippen LogP contribution in [0.1, 0.15) is 6.42 Å². The number of likely N-dealkylation sites (N-methyl/N-ethyl adjacent to an activating group) is 1. The van der Waals surface area contributed by atoms with Crippen LogP contribution in [0.2, 0.25) is 0 Å². The van der Waals surface area contributed by atoms with Crippen molar-refractivity contribution in [2.45, 2.75) is 16.2 Å². The Balaban J connectivity index is 1.61. The van der Waals surface area contributed by atoms with Crippen molar-refractivity contribution in [2.24, 2.45) is 0 Å². The number of piperazine rings is 1. The van der Waals surface area contributed by atoms with Gasteiger partial charge in [0.05, 0.1) is 12.1 Å². The Kier molecular flexibility index (Phi) is 4.38. The van der Waals surface area contributed by atoms with Crippen LogP contribution in [-0.2, 0) is 14.8 Å². The Morgan fingerprint density at radius 3 is 2.54 bits per heavy atom. The summed E-state index contributed by atoms with van der Waals surface area (Å²) in [5.41, 5.74) is 0.512. The average molecular weight is 392 g/mol. The number of hydrogen-bond donors (Lipinski definition) is 0. The van der Waals surface area contributed by atoms with Gasteiger partial charge < -0.3 is 4.90 Å². The fourth-order valence-electron chi connectivity index (χ4n) is 3.80. The van der Waals surface area contributed by atoms with Gasteiger partial charge in [0.15, 0.2) is 0 Å². The molecule has 0 saturated carbocycles. The second kappa shape index (κ2) is 6.45. The molecule has 1 spiro atoms. The van der Waals surface area contributed by atoms with Gasteiger partial charge >= 0.3 is 0 Å². The number of hydrogen-bond acceptors (Lipinski definition) is 5. The third-order valence-corrected chi connectivity index (χ3v) is 8.61. The minimum Gasteiger partial charge on any atom is -0.309 e. The fraction of sp³-hybridized carbons (Fsp3) is 0.389. The first-order valence-corrected chi connectivity index (χ1v) is 10.8. The number of thiophene rings is 1. The molecule has 1 atom stereocenters. The molecular weight excluding hydrogens is 370 g/mol. The molecule has 2 fully saturated rings. The molecule has 3 heterocycles. The Labute approximate surface area is 157 Å². The SMILES string of the molecule is CN1CC(=O)N(c2ccccc2)CC12CCN(S(=O)(=O)c1cccs1)C2. The minimum atomic E-state index is -3.47. The van der Waals surface area contributed by atoms with Crippen LogP contribution < -0.4 is 4.90 Å². The van der Waals surface area contributed by atoms with Gasteiger partial charge in [0.2, 0.25) is 5.91 Å². The van der Waals surface area contributed by atoms with E-state index in [9.17, 15) is 13.2 Å². The first-order valence-electron chi connectivity index (χ1n) is 8.53. The summed E-state index contributed by atoms with van der Waals surface area (Å²) < 4.78 is 27.7. The van der Waals surface area contributed by atoms with Crippen LogP contribution in [0.4, 0.5) is 5.69 Å². The van der Waals surface area contributed by atoms with Gasteiger partial charge in [-0.3, -0.25) is 9.69 Å². The van der Waals surface area contributed by atoms with Crippen molar-refractivity contribution >= 4 is 33.0 Å². The minimum absolute atomic E-state index is 0.0453. The lowest BCUT2D eigenvalue weighted by molar-refractivity contribution is -0.123. The van der Waals surface area contributed by atoms with E-state index in [4.69, 9.17) is 0 Å². The summed E-state index contributed by atoms with van der Waals surface area (Å²) in [6.07, 6.45) is 0.713. The van der Waals surface area contributed by atoms with Crippen molar-refractivity contribution in [1.82, 2.24) is 9.21 Å². The van der Waals surface area contributed by atoms with Crippen molar-refractivity contribution in [3.63, 3.8) is 0 Å². The lowest BCUT2D eigenvalue weighted by atomic mass is 9.92. The van der Waals surface area contributed by atoms with Gasteiger partial charge in [-0.05, 0) is 37.0 Å². The number of amides is 1. The third kappa shape index (κ3) is 2.87. The first-order chi connectivity index (χ1) is 12.4. The molecule has 2 aromatic rings. The Morgan fingerprint density at radius 2 is 1.85 bits per heavy atom. The van der Waals surface area contributed by atoms with E-state index in [0.29, 0.717) is 36.8 Å². The van der Waals surface area contributed by atoms with Crippen molar-refractivity contribution < 1.29 is 13.2 Å². The fourth-order valence-corrected chi connectivity index (χ4v) is 6.47. The molecule has 0 radical (unpaired) electrons. The molecular formula is C18H21N3O3S2. The molecule has 138 valence electrons. The van der Waals surface area contributed by atoms with E-state index in [2.05, 4.69) is 0 Å². The predicted molar refractivity (Wildman–Crippen MR) is 102 cm³/mol. The van der Waals surface area contributed by atoms with Crippen LogP contribution in [0.3, 0.4) is 0 Å². The number of carbonyl (C=O) groups excluding carboxylic acids is 1. The van der Waals surface area contributed by atoms with Crippen LogP contribution in [-0.4, -0.2) is 62.3 Å². The number of rotatable bonds is 3. The topological polar surface area (TPSA) is 60.9 Å². The van der Waals surface area contributed by atoms with Crippen molar-refractivity contribution in [3.05, 3.63) is 47.8 Å². The van der Waals surface area contributed by atoms with E-state index in [-0.39, 0.29) is 11.4 Å². The zero-order valence-electron chi connectivity index (χ0n) is 14.5. The maximum absolute atomic E-state index is 12.9. The second-order valence-electron chi connectivity index (χ2n) is 6.92. The van der Waals surface area contributed by atoms with Crippen LogP contribution in [0, 0.1) is 0 Å². The Morgan fingerprint density at radius 1 is 1.08 bits per heavy atom. The van der Waals surface area contributed by atoms with E-state index >= 15 is 0 Å². The summed E-state index contributed by atoms with van der Waals surface area (Å²) >= 11 is 1.24. The lowest BCUT2D eigenvalue weighted by Gasteiger charge is -2.46. The largest absolute Gasteiger partial charge is 0.309 e. The number of para-hydroxylation sites is 1. The van der Waals surface area contributed by atoms with Crippen molar-refractivity contribution in [2.75, 3.05) is 38.1 Å². The molecule has 1 aromatic carbocycles. The third-order valence-electron chi connectivity index (χ3n) is 5.39. The van der Waals surface area contributed by atoms with Gasteiger partial charge in [-0.15, -0.1) is 11.3 Å². The molecule has 0 bridgehead atoms. The summed E-state index contributed by atoms with van der Waals surface area (Å²) in [6, 6.07) is 13.0. The summed E-state index contributed by atoms with van der Waals surface area (Å²) in [4.78, 5) is 16.4. The van der Waals surface area contributed by atoms with Gasteiger partial charge in [-0.2, -0.15) is 4.31 Å². The Hall–Kier alpha value is -1.74. The van der Waals surface area contributed by atoms with E-state index < -0.39 is 10.0 Å². The monoisotopic (exact) mass is 391 g/mol. The Bertz CT molecular complexity index is 899. The van der Waals surface area contributed by atoms with Crippen molar-refractivity contribution in [3.8, 4) is 0 Å². The quantitative estimate of drug-likeness (QED) is 0.801. The van der Waals surface area contributed by atoms with Gasteiger partial charge in [-0.1, -0.05) is 24.3 Å². The van der Waals surface area contributed by atoms with Crippen LogP contribution >= 0.6 is 11.3 Å². The van der Waals surface area contributed by atoms with E-state index in [1.165, 1.54) is 11.3 Å². The average Bonchev–Trinajstić information content (AvgIpc) is 3.31. The highest BCUT2D eigenvalue weighted by molar-refractivity contribution is 7.91. The highest BCUT2D eigenvalue weighted by Gasteiger charge is 2.50. The summed E-state index contributed by atoms with van der Waals surface area (Å²) in [5.74, 6) is 0.0453. The summed E-state index contributed by atoms with van der Waals surface area (Å²) in [7, 11) is -1.55. The highest BCUT2D eigenvalue weighted by Crippen LogP contribution is 2.36. The van der Waals surface area contributed by atoms with Crippen LogP contribution in [0.25, 0.3) is 0 Å². The van der Waals surface area contributed by atoms with E-state index in [1.54, 1.807) is 26.7 Å². The van der Waals surface area contributed by atoms with Gasteiger partial charge in [0.25, 0.3) is 10.0 Å². The standard InChI is InChI=1S/C18H21N3O3S2/c1-19-12-16(22)21(15-6-3-2-4-7-15)14-18(19)9-10-20(13-18)26(23,24)17-8-5-11-25-17/h2-8,11H,9-10,12-14H2,1H3. The first kappa shape index (κ1) is 17.7. The normalized spacial score (nSPS) is 25.3. The van der Waals surface area contributed by atoms with Crippen molar-refractivity contribution in [1.29, 1.82) is 0 Å². The molecule has 1 unspecified atom stereocenters. The molecule has 1 aromatic heterocycles. The molecule has 0 N–H and O–H groups in total. The smallest absolute Gasteiger partial charge is 0.252 e. The molecule has 0 aliphatic carbocycles. The molecule has 2 saturated heterocycles. The maximum atomic E-state index is 12.9. The second-order valence-corrected chi connectivity index (χ2v) is 10.0. The zero-order chi connectivity index (χ0) is 18.4. The van der Waals surface area contributed by atoms with Gasteiger partial charge in [-0.25, -0.2) is 8.42 Å². The van der Waals surface area contributed by atoms with Gasteiger partial charge in [0, 0.05) is 25.3 Å². The molecule has 6 nitrogen and oxygen atoms in total.